The smallest absolute Gasteiger partial charge is 0.335 e. The summed E-state index contributed by atoms with van der Waals surface area (Å²) in [6, 6.07) is 6.83. The molecule has 0 atom stereocenters. The molecular formula is C17H19BrN4O3. The fourth-order valence-corrected chi connectivity index (χ4v) is 3.06. The van der Waals surface area contributed by atoms with Crippen LogP contribution in [0.1, 0.15) is 31.2 Å². The number of nitrogens with one attached hydrogen (secondary N) is 1. The summed E-state index contributed by atoms with van der Waals surface area (Å²) in [5.74, 6) is -0.422. The topological polar surface area (TPSA) is 90.7 Å². The van der Waals surface area contributed by atoms with Gasteiger partial charge in [0.15, 0.2) is 0 Å². The predicted octanol–water partition coefficient (Wildman–Crippen LogP) is 2.20. The molecule has 2 N–H and O–H groups in total. The largest absolute Gasteiger partial charge is 0.493 e. The van der Waals surface area contributed by atoms with E-state index in [1.165, 1.54) is 19.1 Å². The fraction of sp³-hybridized carbons (Fsp3) is 0.353. The van der Waals surface area contributed by atoms with Crippen molar-refractivity contribution >= 4 is 22.1 Å². The SMILES string of the molecule is O=c1[nH]c(=O)n(-c2ccc(Br)cc2)c(O)c1/C=N/N1CCCCCC1. The van der Waals surface area contributed by atoms with Gasteiger partial charge in [-0.1, -0.05) is 28.8 Å². The molecule has 2 aromatic rings. The molecule has 0 unspecified atom stereocenters. The maximum Gasteiger partial charge on any atom is 0.335 e. The van der Waals surface area contributed by atoms with Crippen molar-refractivity contribution in [2.45, 2.75) is 25.7 Å². The Morgan fingerprint density at radius 1 is 1.08 bits per heavy atom. The first kappa shape index (κ1) is 17.5. The van der Waals surface area contributed by atoms with Crippen LogP contribution in [0, 0.1) is 0 Å². The maximum absolute atomic E-state index is 12.1. The monoisotopic (exact) mass is 406 g/mol. The number of aromatic amines is 1. The van der Waals surface area contributed by atoms with Crippen molar-refractivity contribution in [3.63, 3.8) is 0 Å². The van der Waals surface area contributed by atoms with Gasteiger partial charge in [-0.05, 0) is 37.1 Å². The predicted molar refractivity (Wildman–Crippen MR) is 99.7 cm³/mol. The summed E-state index contributed by atoms with van der Waals surface area (Å²) in [7, 11) is 0. The quantitative estimate of drug-likeness (QED) is 0.764. The summed E-state index contributed by atoms with van der Waals surface area (Å²) in [5, 5.41) is 16.7. The van der Waals surface area contributed by atoms with Gasteiger partial charge in [0.25, 0.3) is 5.56 Å². The molecule has 0 bridgehead atoms. The van der Waals surface area contributed by atoms with Gasteiger partial charge in [-0.15, -0.1) is 0 Å². The van der Waals surface area contributed by atoms with Crippen LogP contribution in [0.5, 0.6) is 5.88 Å². The summed E-state index contributed by atoms with van der Waals surface area (Å²) in [4.78, 5) is 26.5. The van der Waals surface area contributed by atoms with Crippen molar-refractivity contribution in [2.75, 3.05) is 13.1 Å². The van der Waals surface area contributed by atoms with E-state index in [9.17, 15) is 14.7 Å². The zero-order valence-electron chi connectivity index (χ0n) is 13.6. The van der Waals surface area contributed by atoms with Gasteiger partial charge in [0.05, 0.1) is 11.9 Å². The molecule has 1 aliphatic rings. The number of aromatic nitrogens is 2. The van der Waals surface area contributed by atoms with Gasteiger partial charge >= 0.3 is 5.69 Å². The molecule has 1 aromatic carbocycles. The van der Waals surface area contributed by atoms with Crippen LogP contribution in [-0.4, -0.2) is 39.0 Å². The Labute approximate surface area is 152 Å². The maximum atomic E-state index is 12.1. The second-order valence-corrected chi connectivity index (χ2v) is 6.84. The average Bonchev–Trinajstić information content (AvgIpc) is 2.85. The van der Waals surface area contributed by atoms with Crippen molar-refractivity contribution in [3.8, 4) is 11.6 Å². The lowest BCUT2D eigenvalue weighted by molar-refractivity contribution is 0.302. The standard InChI is InChI=1S/C17H19BrN4O3/c18-12-5-7-13(8-6-12)22-16(24)14(15(23)20-17(22)25)11-19-21-9-3-1-2-4-10-21/h5-8,11,24H,1-4,9-10H2,(H,20,23,25)/b19-11+. The molecule has 2 heterocycles. The lowest BCUT2D eigenvalue weighted by Gasteiger charge is -2.15. The molecule has 0 radical (unpaired) electrons. The van der Waals surface area contributed by atoms with Crippen molar-refractivity contribution in [1.82, 2.24) is 14.6 Å². The molecule has 25 heavy (non-hydrogen) atoms. The Bertz CT molecular complexity index is 878. The minimum atomic E-state index is -0.697. The summed E-state index contributed by atoms with van der Waals surface area (Å²) in [6.07, 6.45) is 5.78. The van der Waals surface area contributed by atoms with E-state index in [1.54, 1.807) is 24.3 Å². The molecule has 0 spiro atoms. The third-order valence-electron chi connectivity index (χ3n) is 4.14. The Balaban J connectivity index is 1.99. The molecule has 1 fully saturated rings. The van der Waals surface area contributed by atoms with E-state index in [-0.39, 0.29) is 5.56 Å². The Kier molecular flexibility index (Phi) is 5.37. The first-order valence-corrected chi connectivity index (χ1v) is 8.99. The molecule has 132 valence electrons. The van der Waals surface area contributed by atoms with E-state index < -0.39 is 17.1 Å². The van der Waals surface area contributed by atoms with Crippen LogP contribution >= 0.6 is 15.9 Å². The van der Waals surface area contributed by atoms with E-state index in [4.69, 9.17) is 0 Å². The van der Waals surface area contributed by atoms with Gasteiger partial charge in [-0.3, -0.25) is 14.8 Å². The number of rotatable bonds is 3. The van der Waals surface area contributed by atoms with E-state index in [0.29, 0.717) is 5.69 Å². The zero-order valence-corrected chi connectivity index (χ0v) is 15.2. The van der Waals surface area contributed by atoms with Crippen LogP contribution in [0.3, 0.4) is 0 Å². The van der Waals surface area contributed by atoms with Crippen LogP contribution in [0.25, 0.3) is 5.69 Å². The lowest BCUT2D eigenvalue weighted by atomic mass is 10.2. The second kappa shape index (κ2) is 7.69. The number of hydrogen-bond donors (Lipinski definition) is 2. The van der Waals surface area contributed by atoms with E-state index in [1.807, 2.05) is 5.01 Å². The van der Waals surface area contributed by atoms with Crippen molar-refractivity contribution in [1.29, 1.82) is 0 Å². The molecule has 1 aliphatic heterocycles. The number of benzene rings is 1. The highest BCUT2D eigenvalue weighted by Crippen LogP contribution is 2.18. The van der Waals surface area contributed by atoms with Crippen LogP contribution in [0.2, 0.25) is 0 Å². The first-order valence-electron chi connectivity index (χ1n) is 8.19. The van der Waals surface area contributed by atoms with Gasteiger partial charge in [-0.2, -0.15) is 5.10 Å². The van der Waals surface area contributed by atoms with E-state index >= 15 is 0 Å². The molecule has 1 aromatic heterocycles. The highest BCUT2D eigenvalue weighted by molar-refractivity contribution is 9.10. The summed E-state index contributed by atoms with van der Waals surface area (Å²) in [5.41, 5.74) is -0.940. The minimum Gasteiger partial charge on any atom is -0.493 e. The zero-order chi connectivity index (χ0) is 17.8. The molecular weight excluding hydrogens is 388 g/mol. The third kappa shape index (κ3) is 4.01. The average molecular weight is 407 g/mol. The molecule has 3 rings (SSSR count). The first-order chi connectivity index (χ1) is 12.1. The Hall–Kier alpha value is -2.35. The van der Waals surface area contributed by atoms with Crippen LogP contribution in [0.4, 0.5) is 0 Å². The van der Waals surface area contributed by atoms with E-state index in [2.05, 4.69) is 26.0 Å². The van der Waals surface area contributed by atoms with Gasteiger partial charge in [0.2, 0.25) is 5.88 Å². The number of nitrogens with zero attached hydrogens (tertiary/aromatic N) is 3. The van der Waals surface area contributed by atoms with Gasteiger partial charge in [0.1, 0.15) is 5.56 Å². The van der Waals surface area contributed by atoms with Crippen molar-refractivity contribution in [3.05, 3.63) is 55.1 Å². The molecule has 0 saturated carbocycles. The molecule has 8 heteroatoms. The number of aromatic hydroxyl groups is 1. The number of H-pyrrole nitrogens is 1. The highest BCUT2D eigenvalue weighted by Gasteiger charge is 2.15. The summed E-state index contributed by atoms with van der Waals surface area (Å²) >= 11 is 3.32. The highest BCUT2D eigenvalue weighted by atomic mass is 79.9. The third-order valence-corrected chi connectivity index (χ3v) is 4.67. The number of hydrogen-bond acceptors (Lipinski definition) is 5. The van der Waals surface area contributed by atoms with E-state index in [0.717, 1.165) is 35.0 Å². The van der Waals surface area contributed by atoms with Gasteiger partial charge < -0.3 is 5.11 Å². The Morgan fingerprint density at radius 3 is 2.36 bits per heavy atom. The lowest BCUT2D eigenvalue weighted by Crippen LogP contribution is -2.31. The van der Waals surface area contributed by atoms with Crippen molar-refractivity contribution < 1.29 is 5.11 Å². The normalized spacial score (nSPS) is 15.5. The van der Waals surface area contributed by atoms with Gasteiger partial charge in [0, 0.05) is 17.6 Å². The fourth-order valence-electron chi connectivity index (χ4n) is 2.79. The number of hydrazone groups is 1. The number of halogens is 1. The van der Waals surface area contributed by atoms with Crippen LogP contribution in [-0.2, 0) is 0 Å². The van der Waals surface area contributed by atoms with Gasteiger partial charge in [-0.25, -0.2) is 9.36 Å². The molecule has 7 nitrogen and oxygen atoms in total. The van der Waals surface area contributed by atoms with Crippen LogP contribution in [0.15, 0.2) is 43.4 Å². The molecule has 0 amide bonds. The summed E-state index contributed by atoms with van der Waals surface area (Å²) in [6.45, 7) is 1.64. The minimum absolute atomic E-state index is 0.0354. The Morgan fingerprint density at radius 2 is 1.72 bits per heavy atom. The molecule has 1 saturated heterocycles. The second-order valence-electron chi connectivity index (χ2n) is 5.92. The summed E-state index contributed by atoms with van der Waals surface area (Å²) < 4.78 is 1.90. The van der Waals surface area contributed by atoms with Crippen molar-refractivity contribution in [2.24, 2.45) is 5.10 Å². The van der Waals surface area contributed by atoms with Crippen LogP contribution < -0.4 is 11.2 Å². The molecule has 0 aliphatic carbocycles.